The molecule has 0 radical (unpaired) electrons. The number of carbonyl (C=O) groups is 1. The van der Waals surface area contributed by atoms with Crippen LogP contribution in [-0.4, -0.2) is 33.9 Å². The predicted octanol–water partition coefficient (Wildman–Crippen LogP) is 3.03. The number of likely N-dealkylation sites (tertiary alicyclic amines) is 1. The van der Waals surface area contributed by atoms with Crippen LogP contribution in [0.1, 0.15) is 46.2 Å². The number of hydrogen-bond donors (Lipinski definition) is 0. The third kappa shape index (κ3) is 2.35. The summed E-state index contributed by atoms with van der Waals surface area (Å²) in [4.78, 5) is 23.2. The van der Waals surface area contributed by atoms with Crippen molar-refractivity contribution >= 4 is 17.5 Å². The van der Waals surface area contributed by atoms with Crippen LogP contribution in [0.25, 0.3) is 0 Å². The number of carbonyl (C=O) groups excluding carboxylic acids is 1. The summed E-state index contributed by atoms with van der Waals surface area (Å²) in [5.41, 5.74) is 1.30. The van der Waals surface area contributed by atoms with Gasteiger partial charge in [0.15, 0.2) is 0 Å². The number of aromatic nitrogens is 2. The normalized spacial score (nSPS) is 20.5. The molecule has 0 N–H and O–H groups in total. The van der Waals surface area contributed by atoms with E-state index < -0.39 is 11.4 Å². The molecule has 1 aromatic heterocycles. The highest BCUT2D eigenvalue weighted by molar-refractivity contribution is 6.31. The molecule has 3 heterocycles. The second-order valence-electron chi connectivity index (χ2n) is 6.93. The third-order valence-electron chi connectivity index (χ3n) is 5.14. The second kappa shape index (κ2) is 5.22. The average Bonchev–Trinajstić information content (AvgIpc) is 3.35. The first-order valence-corrected chi connectivity index (χ1v) is 8.68. The van der Waals surface area contributed by atoms with Crippen LogP contribution < -0.4 is 0 Å². The maximum absolute atomic E-state index is 13.9. The largest absolute Gasteiger partial charge is 0.360 e. The van der Waals surface area contributed by atoms with Gasteiger partial charge in [-0.2, -0.15) is 0 Å². The molecule has 1 aromatic carbocycles. The number of nitrogens with zero attached hydrogens (tertiary/aromatic N) is 3. The zero-order valence-corrected chi connectivity index (χ0v) is 14.1. The minimum Gasteiger partial charge on any atom is -0.360 e. The van der Waals surface area contributed by atoms with E-state index in [4.69, 9.17) is 16.3 Å². The van der Waals surface area contributed by atoms with E-state index in [9.17, 15) is 9.18 Å². The van der Waals surface area contributed by atoms with Gasteiger partial charge in [0.25, 0.3) is 5.91 Å². The van der Waals surface area contributed by atoms with Crippen molar-refractivity contribution in [3.05, 3.63) is 57.9 Å². The fourth-order valence-corrected chi connectivity index (χ4v) is 3.73. The van der Waals surface area contributed by atoms with Crippen molar-refractivity contribution in [3.63, 3.8) is 0 Å². The fraction of sp³-hybridized carbons (Fsp3) is 0.389. The lowest BCUT2D eigenvalue weighted by Gasteiger charge is -2.47. The lowest BCUT2D eigenvalue weighted by molar-refractivity contribution is -0.126. The Balaban J connectivity index is 1.37. The van der Waals surface area contributed by atoms with Gasteiger partial charge >= 0.3 is 0 Å². The van der Waals surface area contributed by atoms with E-state index in [1.54, 1.807) is 4.90 Å². The molecule has 1 saturated heterocycles. The molecule has 1 saturated carbocycles. The molecule has 0 bridgehead atoms. The minimum absolute atomic E-state index is 0.0131. The Hall–Kier alpha value is -2.05. The first-order valence-electron chi connectivity index (χ1n) is 8.30. The predicted molar refractivity (Wildman–Crippen MR) is 87.8 cm³/mol. The summed E-state index contributed by atoms with van der Waals surface area (Å²) in [6.45, 7) is 1.18. The highest BCUT2D eigenvalue weighted by Gasteiger charge is 2.53. The Morgan fingerprint density at radius 1 is 1.36 bits per heavy atom. The van der Waals surface area contributed by atoms with E-state index in [2.05, 4.69) is 9.97 Å². The molecule has 5 nitrogen and oxygen atoms in total. The summed E-state index contributed by atoms with van der Waals surface area (Å²) >= 11 is 5.88. The van der Waals surface area contributed by atoms with Crippen molar-refractivity contribution in [2.45, 2.75) is 31.0 Å². The molecule has 7 heteroatoms. The molecule has 1 amide bonds. The van der Waals surface area contributed by atoms with Gasteiger partial charge in [-0.25, -0.2) is 14.4 Å². The van der Waals surface area contributed by atoms with Gasteiger partial charge in [0, 0.05) is 22.7 Å². The third-order valence-corrected chi connectivity index (χ3v) is 5.38. The van der Waals surface area contributed by atoms with Crippen molar-refractivity contribution in [1.29, 1.82) is 0 Å². The molecule has 1 aliphatic carbocycles. The summed E-state index contributed by atoms with van der Waals surface area (Å²) in [6, 6.07) is 3.99. The monoisotopic (exact) mass is 359 g/mol. The van der Waals surface area contributed by atoms with Gasteiger partial charge < -0.3 is 9.64 Å². The first kappa shape index (κ1) is 15.2. The summed E-state index contributed by atoms with van der Waals surface area (Å²) in [5.74, 6) is 0.443. The highest BCUT2D eigenvalue weighted by Crippen LogP contribution is 2.45. The van der Waals surface area contributed by atoms with Crippen LogP contribution in [0.5, 0.6) is 0 Å². The van der Waals surface area contributed by atoms with Gasteiger partial charge in [0.2, 0.25) is 0 Å². The van der Waals surface area contributed by atoms with Gasteiger partial charge in [-0.05, 0) is 31.0 Å². The highest BCUT2D eigenvalue weighted by atomic mass is 35.5. The molecule has 0 atom stereocenters. The van der Waals surface area contributed by atoms with Gasteiger partial charge in [-0.15, -0.1) is 0 Å². The Morgan fingerprint density at radius 3 is 2.92 bits per heavy atom. The fourth-order valence-electron chi connectivity index (χ4n) is 3.55. The topological polar surface area (TPSA) is 55.3 Å². The Labute approximate surface area is 148 Å². The van der Waals surface area contributed by atoms with E-state index >= 15 is 0 Å². The van der Waals surface area contributed by atoms with Crippen molar-refractivity contribution in [2.75, 3.05) is 13.1 Å². The van der Waals surface area contributed by atoms with Gasteiger partial charge in [-0.3, -0.25) is 4.79 Å². The second-order valence-corrected chi connectivity index (χ2v) is 7.37. The molecular weight excluding hydrogens is 345 g/mol. The minimum atomic E-state index is -0.569. The van der Waals surface area contributed by atoms with Gasteiger partial charge in [0.05, 0.1) is 31.0 Å². The summed E-state index contributed by atoms with van der Waals surface area (Å²) in [7, 11) is 0. The molecular formula is C18H15ClFN3O2. The van der Waals surface area contributed by atoms with Crippen LogP contribution in [0.15, 0.2) is 24.4 Å². The summed E-state index contributed by atoms with van der Waals surface area (Å²) in [6.07, 6.45) is 4.14. The molecule has 2 aliphatic heterocycles. The van der Waals surface area contributed by atoms with Crippen molar-refractivity contribution in [3.8, 4) is 0 Å². The van der Waals surface area contributed by atoms with Crippen LogP contribution in [-0.2, 0) is 16.9 Å². The Morgan fingerprint density at radius 2 is 2.16 bits per heavy atom. The van der Waals surface area contributed by atoms with Crippen LogP contribution in [0.4, 0.5) is 4.39 Å². The SMILES string of the molecule is O=C(c1cc(Cl)ccc1F)N1CC2(C1)OCc1nc(C3CC3)ncc12. The number of halogens is 2. The average molecular weight is 360 g/mol. The van der Waals surface area contributed by atoms with Crippen LogP contribution >= 0.6 is 11.6 Å². The standard InChI is InChI=1S/C18H15ClFN3O2/c19-11-3-4-14(20)12(5-11)17(24)23-8-18(9-23)13-6-21-16(10-1-2-10)22-15(13)7-25-18/h3-6,10H,1-2,7-9H2. The molecule has 25 heavy (non-hydrogen) atoms. The summed E-state index contributed by atoms with van der Waals surface area (Å²) < 4.78 is 19.9. The van der Waals surface area contributed by atoms with Crippen LogP contribution in [0, 0.1) is 5.82 Å². The number of rotatable bonds is 2. The van der Waals surface area contributed by atoms with E-state index in [-0.39, 0.29) is 11.5 Å². The zero-order valence-electron chi connectivity index (χ0n) is 13.3. The summed E-state index contributed by atoms with van der Waals surface area (Å²) in [5, 5.41) is 0.337. The van der Waals surface area contributed by atoms with E-state index in [1.807, 2.05) is 6.20 Å². The molecule has 2 aromatic rings. The first-order chi connectivity index (χ1) is 12.1. The number of hydrogen-bond acceptors (Lipinski definition) is 4. The molecule has 1 spiro atoms. The number of benzene rings is 1. The lowest BCUT2D eigenvalue weighted by Crippen LogP contribution is -2.61. The maximum atomic E-state index is 13.9. The number of amides is 1. The Bertz CT molecular complexity index is 894. The lowest BCUT2D eigenvalue weighted by atomic mass is 9.87. The smallest absolute Gasteiger partial charge is 0.257 e. The van der Waals surface area contributed by atoms with Gasteiger partial charge in [0.1, 0.15) is 17.2 Å². The van der Waals surface area contributed by atoms with Crippen molar-refractivity contribution in [1.82, 2.24) is 14.9 Å². The van der Waals surface area contributed by atoms with E-state index in [0.717, 1.165) is 29.9 Å². The quantitative estimate of drug-likeness (QED) is 0.827. The molecule has 128 valence electrons. The van der Waals surface area contributed by atoms with E-state index in [0.29, 0.717) is 30.6 Å². The molecule has 3 aliphatic rings. The number of fused-ring (bicyclic) bond motifs is 2. The molecule has 0 unspecified atom stereocenters. The molecule has 2 fully saturated rings. The van der Waals surface area contributed by atoms with E-state index in [1.165, 1.54) is 18.2 Å². The Kier molecular flexibility index (Phi) is 3.18. The molecule has 5 rings (SSSR count). The zero-order chi connectivity index (χ0) is 17.2. The number of ether oxygens (including phenoxy) is 1. The van der Waals surface area contributed by atoms with Gasteiger partial charge in [-0.1, -0.05) is 11.6 Å². The van der Waals surface area contributed by atoms with Crippen LogP contribution in [0.2, 0.25) is 5.02 Å². The maximum Gasteiger partial charge on any atom is 0.257 e. The van der Waals surface area contributed by atoms with Crippen molar-refractivity contribution < 1.29 is 13.9 Å². The van der Waals surface area contributed by atoms with Crippen molar-refractivity contribution in [2.24, 2.45) is 0 Å². The van der Waals surface area contributed by atoms with Crippen LogP contribution in [0.3, 0.4) is 0 Å².